The van der Waals surface area contributed by atoms with Gasteiger partial charge in [0.15, 0.2) is 11.5 Å². The van der Waals surface area contributed by atoms with E-state index in [0.717, 1.165) is 35.7 Å². The summed E-state index contributed by atoms with van der Waals surface area (Å²) in [6, 6.07) is 5.62. The number of hydrogen-bond donors (Lipinski definition) is 2. The Balaban J connectivity index is 1.51. The number of aromatic amines is 1. The van der Waals surface area contributed by atoms with E-state index >= 15 is 0 Å². The second-order valence-electron chi connectivity index (χ2n) is 5.80. The Morgan fingerprint density at radius 1 is 1.36 bits per heavy atom. The van der Waals surface area contributed by atoms with Crippen LogP contribution in [0, 0.1) is 0 Å². The number of hydrogen-bond acceptors (Lipinski definition) is 6. The van der Waals surface area contributed by atoms with Crippen molar-refractivity contribution in [2.75, 3.05) is 19.0 Å². The van der Waals surface area contributed by atoms with E-state index < -0.39 is 0 Å². The molecule has 8 heteroatoms. The van der Waals surface area contributed by atoms with Gasteiger partial charge in [-0.3, -0.25) is 9.89 Å². The van der Waals surface area contributed by atoms with Gasteiger partial charge in [-0.05, 0) is 31.0 Å². The molecule has 0 spiro atoms. The zero-order chi connectivity index (χ0) is 17.6. The SMILES string of the molecule is CCCc1nc(SCC(=O)NC(C)c2ccc3c(c2)OCCO3)n[nH]1. The van der Waals surface area contributed by atoms with Crippen LogP contribution < -0.4 is 14.8 Å². The van der Waals surface area contributed by atoms with Crippen molar-refractivity contribution in [3.63, 3.8) is 0 Å². The third-order valence-corrected chi connectivity index (χ3v) is 4.62. The van der Waals surface area contributed by atoms with Crippen LogP contribution in [0.3, 0.4) is 0 Å². The lowest BCUT2D eigenvalue weighted by atomic mass is 10.1. The van der Waals surface area contributed by atoms with Crippen LogP contribution in [0.15, 0.2) is 23.4 Å². The average Bonchev–Trinajstić information content (AvgIpc) is 3.07. The molecule has 1 aliphatic heterocycles. The monoisotopic (exact) mass is 362 g/mol. The lowest BCUT2D eigenvalue weighted by Gasteiger charge is -2.21. The fourth-order valence-electron chi connectivity index (χ4n) is 2.52. The quantitative estimate of drug-likeness (QED) is 0.736. The van der Waals surface area contributed by atoms with Gasteiger partial charge in [0.05, 0.1) is 11.8 Å². The van der Waals surface area contributed by atoms with Crippen LogP contribution in [0.4, 0.5) is 0 Å². The number of aromatic nitrogens is 3. The Labute approximate surface area is 150 Å². The summed E-state index contributed by atoms with van der Waals surface area (Å²) in [5.74, 6) is 2.54. The third-order valence-electron chi connectivity index (χ3n) is 3.77. The lowest BCUT2D eigenvalue weighted by molar-refractivity contribution is -0.119. The van der Waals surface area contributed by atoms with E-state index in [4.69, 9.17) is 9.47 Å². The largest absolute Gasteiger partial charge is 0.486 e. The van der Waals surface area contributed by atoms with Crippen molar-refractivity contribution in [3.8, 4) is 11.5 Å². The minimum atomic E-state index is -0.119. The number of fused-ring (bicyclic) bond motifs is 1. The maximum absolute atomic E-state index is 12.2. The van der Waals surface area contributed by atoms with E-state index in [2.05, 4.69) is 27.4 Å². The standard InChI is InChI=1S/C17H22N4O3S/c1-3-4-15-19-17(21-20-15)25-10-16(22)18-11(2)12-5-6-13-14(9-12)24-8-7-23-13/h5-6,9,11H,3-4,7-8,10H2,1-2H3,(H,18,22)(H,19,20,21). The molecule has 0 aliphatic carbocycles. The number of carbonyl (C=O) groups is 1. The number of amides is 1. The van der Waals surface area contributed by atoms with Crippen LogP contribution in [0.25, 0.3) is 0 Å². The Morgan fingerprint density at radius 2 is 2.16 bits per heavy atom. The number of aryl methyl sites for hydroxylation is 1. The highest BCUT2D eigenvalue weighted by atomic mass is 32.2. The second kappa shape index (κ2) is 8.24. The fourth-order valence-corrected chi connectivity index (χ4v) is 3.15. The first-order chi connectivity index (χ1) is 12.2. The maximum atomic E-state index is 12.2. The summed E-state index contributed by atoms with van der Waals surface area (Å²) in [4.78, 5) is 16.5. The molecule has 1 amide bonds. The van der Waals surface area contributed by atoms with Gasteiger partial charge in [-0.25, -0.2) is 4.98 Å². The first-order valence-electron chi connectivity index (χ1n) is 8.38. The Kier molecular flexibility index (Phi) is 5.80. The van der Waals surface area contributed by atoms with Crippen LogP contribution in [-0.4, -0.2) is 40.1 Å². The predicted molar refractivity (Wildman–Crippen MR) is 95.1 cm³/mol. The van der Waals surface area contributed by atoms with E-state index in [1.165, 1.54) is 11.8 Å². The van der Waals surface area contributed by atoms with E-state index in [-0.39, 0.29) is 17.7 Å². The number of H-pyrrole nitrogens is 1. The zero-order valence-corrected chi connectivity index (χ0v) is 15.2. The number of rotatable bonds is 7. The van der Waals surface area contributed by atoms with Crippen molar-refractivity contribution < 1.29 is 14.3 Å². The summed E-state index contributed by atoms with van der Waals surface area (Å²) in [5, 5.41) is 10.6. The van der Waals surface area contributed by atoms with Gasteiger partial charge >= 0.3 is 0 Å². The molecule has 0 radical (unpaired) electrons. The summed E-state index contributed by atoms with van der Waals surface area (Å²) in [7, 11) is 0. The van der Waals surface area contributed by atoms with Crippen molar-refractivity contribution in [2.45, 2.75) is 37.9 Å². The van der Waals surface area contributed by atoms with Crippen molar-refractivity contribution >= 4 is 17.7 Å². The van der Waals surface area contributed by atoms with Gasteiger partial charge in [0.2, 0.25) is 11.1 Å². The number of carbonyl (C=O) groups excluding carboxylic acids is 1. The average molecular weight is 362 g/mol. The maximum Gasteiger partial charge on any atom is 0.230 e. The molecule has 0 saturated carbocycles. The smallest absolute Gasteiger partial charge is 0.230 e. The summed E-state index contributed by atoms with van der Waals surface area (Å²) in [6.45, 7) is 5.14. The van der Waals surface area contributed by atoms with E-state index in [1.54, 1.807) is 0 Å². The molecule has 25 heavy (non-hydrogen) atoms. The minimum absolute atomic E-state index is 0.0609. The first kappa shape index (κ1) is 17.6. The molecule has 1 atom stereocenters. The molecule has 0 saturated heterocycles. The molecule has 2 aromatic rings. The molecule has 7 nitrogen and oxygen atoms in total. The molecular formula is C17H22N4O3S. The highest BCUT2D eigenvalue weighted by Crippen LogP contribution is 2.32. The molecule has 0 fully saturated rings. The summed E-state index contributed by atoms with van der Waals surface area (Å²) >= 11 is 1.33. The number of nitrogens with one attached hydrogen (secondary N) is 2. The molecule has 134 valence electrons. The van der Waals surface area contributed by atoms with E-state index in [1.807, 2.05) is 25.1 Å². The molecule has 0 bridgehead atoms. The molecule has 1 aliphatic rings. The molecule has 1 aromatic carbocycles. The number of thioether (sulfide) groups is 1. The Hall–Kier alpha value is -2.22. The van der Waals surface area contributed by atoms with Gasteiger partial charge in [0, 0.05) is 6.42 Å². The first-order valence-corrected chi connectivity index (χ1v) is 9.37. The van der Waals surface area contributed by atoms with E-state index in [0.29, 0.717) is 18.4 Å². The van der Waals surface area contributed by atoms with Crippen LogP contribution >= 0.6 is 11.8 Å². The van der Waals surface area contributed by atoms with Crippen molar-refractivity contribution in [1.29, 1.82) is 0 Å². The molecular weight excluding hydrogens is 340 g/mol. The summed E-state index contributed by atoms with van der Waals surface area (Å²) < 4.78 is 11.1. The minimum Gasteiger partial charge on any atom is -0.486 e. The lowest BCUT2D eigenvalue weighted by Crippen LogP contribution is -2.28. The van der Waals surface area contributed by atoms with Gasteiger partial charge in [-0.2, -0.15) is 0 Å². The van der Waals surface area contributed by atoms with Gasteiger partial charge in [-0.15, -0.1) is 5.10 Å². The predicted octanol–water partition coefficient (Wildman–Crippen LogP) is 2.50. The Morgan fingerprint density at radius 3 is 2.96 bits per heavy atom. The molecule has 1 unspecified atom stereocenters. The number of benzene rings is 1. The third kappa shape index (κ3) is 4.66. The molecule has 3 rings (SSSR count). The highest BCUT2D eigenvalue weighted by molar-refractivity contribution is 7.99. The van der Waals surface area contributed by atoms with Gasteiger partial charge < -0.3 is 14.8 Å². The van der Waals surface area contributed by atoms with Crippen LogP contribution in [0.2, 0.25) is 0 Å². The van der Waals surface area contributed by atoms with Gasteiger partial charge in [0.1, 0.15) is 19.0 Å². The second-order valence-corrected chi connectivity index (χ2v) is 6.74. The highest BCUT2D eigenvalue weighted by Gasteiger charge is 2.16. The molecule has 1 aromatic heterocycles. The van der Waals surface area contributed by atoms with Crippen molar-refractivity contribution in [2.24, 2.45) is 0 Å². The van der Waals surface area contributed by atoms with Crippen LogP contribution in [-0.2, 0) is 11.2 Å². The topological polar surface area (TPSA) is 89.1 Å². The Bertz CT molecular complexity index is 734. The van der Waals surface area contributed by atoms with Gasteiger partial charge in [0.25, 0.3) is 0 Å². The van der Waals surface area contributed by atoms with E-state index in [9.17, 15) is 4.79 Å². The molecule has 2 heterocycles. The molecule has 2 N–H and O–H groups in total. The number of ether oxygens (including phenoxy) is 2. The van der Waals surface area contributed by atoms with Crippen molar-refractivity contribution in [1.82, 2.24) is 20.5 Å². The summed E-state index contributed by atoms with van der Waals surface area (Å²) in [6.07, 6.45) is 1.87. The van der Waals surface area contributed by atoms with Crippen LogP contribution in [0.1, 0.15) is 37.7 Å². The number of nitrogens with zero attached hydrogens (tertiary/aromatic N) is 2. The van der Waals surface area contributed by atoms with Crippen LogP contribution in [0.5, 0.6) is 11.5 Å². The van der Waals surface area contributed by atoms with Gasteiger partial charge in [-0.1, -0.05) is 24.8 Å². The fraction of sp³-hybridized carbons (Fsp3) is 0.471. The van der Waals surface area contributed by atoms with Crippen molar-refractivity contribution in [3.05, 3.63) is 29.6 Å². The summed E-state index contributed by atoms with van der Waals surface area (Å²) in [5.41, 5.74) is 0.978. The normalized spacial score (nSPS) is 14.2. The zero-order valence-electron chi connectivity index (χ0n) is 14.4.